The van der Waals surface area contributed by atoms with E-state index in [0.29, 0.717) is 0 Å². The van der Waals surface area contributed by atoms with Gasteiger partial charge in [0.2, 0.25) is 12.0 Å². The van der Waals surface area contributed by atoms with Gasteiger partial charge in [-0.1, -0.05) is 0 Å². The summed E-state index contributed by atoms with van der Waals surface area (Å²) in [4.78, 5) is 11.9. The first-order chi connectivity index (χ1) is 17.6. The van der Waals surface area contributed by atoms with E-state index in [2.05, 4.69) is 0 Å². The summed E-state index contributed by atoms with van der Waals surface area (Å²) < 4.78 is 37.2. The van der Waals surface area contributed by atoms with Crippen molar-refractivity contribution in [2.75, 3.05) is 34.5 Å². The zero-order valence-electron chi connectivity index (χ0n) is 20.2. The number of benzene rings is 1. The van der Waals surface area contributed by atoms with E-state index < -0.39 is 80.6 Å². The number of ether oxygens (including phenoxy) is 7. The van der Waals surface area contributed by atoms with Crippen LogP contribution in [-0.4, -0.2) is 138 Å². The normalized spacial score (nSPS) is 36.1. The maximum absolute atomic E-state index is 11.9. The number of methoxy groups -OCH3 is 3. The van der Waals surface area contributed by atoms with Crippen LogP contribution in [0.25, 0.3) is 0 Å². The number of esters is 1. The summed E-state index contributed by atoms with van der Waals surface area (Å²) in [6.07, 6.45) is -15.9. The van der Waals surface area contributed by atoms with E-state index in [0.717, 1.165) is 0 Å². The Hall–Kier alpha value is -2.31. The van der Waals surface area contributed by atoms with Crippen LogP contribution in [0.1, 0.15) is 10.4 Å². The third-order valence-corrected chi connectivity index (χ3v) is 6.06. The van der Waals surface area contributed by atoms with Gasteiger partial charge in [0.25, 0.3) is 0 Å². The van der Waals surface area contributed by atoms with Gasteiger partial charge in [0, 0.05) is 0 Å². The molecule has 0 unspecified atom stereocenters. The molecule has 7 N–H and O–H groups in total. The minimum Gasteiger partial charge on any atom is -0.493 e. The third kappa shape index (κ3) is 6.06. The summed E-state index contributed by atoms with van der Waals surface area (Å²) in [6.45, 7) is -1.21. The van der Waals surface area contributed by atoms with Crippen molar-refractivity contribution in [1.29, 1.82) is 0 Å². The predicted molar refractivity (Wildman–Crippen MR) is 118 cm³/mol. The van der Waals surface area contributed by atoms with Crippen LogP contribution in [0.4, 0.5) is 0 Å². The Morgan fingerprint density at radius 2 is 1.30 bits per heavy atom. The van der Waals surface area contributed by atoms with Crippen LogP contribution < -0.4 is 14.2 Å². The first kappa shape index (κ1) is 29.2. The molecule has 1 aromatic carbocycles. The number of carbonyl (C=O) groups is 1. The van der Waals surface area contributed by atoms with Gasteiger partial charge in [-0.25, -0.2) is 4.79 Å². The Labute approximate surface area is 211 Å². The number of hydrogen-bond donors (Lipinski definition) is 7. The molecule has 210 valence electrons. The molecule has 2 aliphatic heterocycles. The smallest absolute Gasteiger partial charge is 0.338 e. The molecule has 10 atom stereocenters. The van der Waals surface area contributed by atoms with Crippen molar-refractivity contribution in [3.63, 3.8) is 0 Å². The Kier molecular flexibility index (Phi) is 9.87. The van der Waals surface area contributed by atoms with E-state index >= 15 is 0 Å². The van der Waals surface area contributed by atoms with Crippen molar-refractivity contribution in [3.8, 4) is 17.2 Å². The van der Waals surface area contributed by atoms with Gasteiger partial charge in [-0.05, 0) is 12.1 Å². The van der Waals surface area contributed by atoms with Crippen LogP contribution >= 0.6 is 0 Å². The van der Waals surface area contributed by atoms with Crippen molar-refractivity contribution in [1.82, 2.24) is 0 Å². The second-order valence-corrected chi connectivity index (χ2v) is 8.36. The van der Waals surface area contributed by atoms with E-state index in [1.54, 1.807) is 0 Å². The predicted octanol–water partition coefficient (Wildman–Crippen LogP) is -3.51. The first-order valence-corrected chi connectivity index (χ1v) is 11.2. The van der Waals surface area contributed by atoms with Gasteiger partial charge in [0.05, 0.1) is 40.1 Å². The van der Waals surface area contributed by atoms with Crippen LogP contribution in [-0.2, 0) is 18.9 Å². The summed E-state index contributed by atoms with van der Waals surface area (Å²) in [5.74, 6) is -0.768. The molecule has 0 spiro atoms. The summed E-state index contributed by atoms with van der Waals surface area (Å²) in [5, 5.41) is 70.5. The molecule has 2 heterocycles. The zero-order valence-corrected chi connectivity index (χ0v) is 20.2. The van der Waals surface area contributed by atoms with Crippen LogP contribution in [0.3, 0.4) is 0 Å². The van der Waals surface area contributed by atoms with Crippen molar-refractivity contribution < 1.29 is 73.7 Å². The molecule has 0 radical (unpaired) electrons. The fraction of sp³-hybridized carbons (Fsp3) is 0.682. The molecule has 2 aliphatic rings. The molecule has 37 heavy (non-hydrogen) atoms. The Bertz CT molecular complexity index is 885. The van der Waals surface area contributed by atoms with Gasteiger partial charge in [0.15, 0.2) is 17.8 Å². The summed E-state index contributed by atoms with van der Waals surface area (Å²) in [7, 11) is 3.77. The molecule has 0 amide bonds. The summed E-state index contributed by atoms with van der Waals surface area (Å²) >= 11 is 0. The Morgan fingerprint density at radius 1 is 0.784 bits per heavy atom. The highest BCUT2D eigenvalue weighted by molar-refractivity contribution is 5.91. The molecule has 15 nitrogen and oxygen atoms in total. The summed E-state index contributed by atoms with van der Waals surface area (Å²) in [6, 6.07) is 2.59. The van der Waals surface area contributed by atoms with Crippen LogP contribution in [0, 0.1) is 0 Å². The average Bonchev–Trinajstić information content (AvgIpc) is 2.91. The molecular formula is C22H32O15. The molecule has 0 aliphatic carbocycles. The highest BCUT2D eigenvalue weighted by Gasteiger charge is 2.48. The van der Waals surface area contributed by atoms with E-state index in [1.165, 1.54) is 33.5 Å². The maximum atomic E-state index is 11.9. The van der Waals surface area contributed by atoms with E-state index in [-0.39, 0.29) is 22.8 Å². The Morgan fingerprint density at radius 3 is 1.81 bits per heavy atom. The van der Waals surface area contributed by atoms with Gasteiger partial charge in [-0.3, -0.25) is 0 Å². The average molecular weight is 536 g/mol. The van der Waals surface area contributed by atoms with Crippen molar-refractivity contribution in [3.05, 3.63) is 17.7 Å². The Balaban J connectivity index is 1.77. The van der Waals surface area contributed by atoms with E-state index in [1.807, 2.05) is 0 Å². The van der Waals surface area contributed by atoms with Crippen LogP contribution in [0.5, 0.6) is 17.2 Å². The highest BCUT2D eigenvalue weighted by atomic mass is 16.7. The molecule has 0 bridgehead atoms. The highest BCUT2D eigenvalue weighted by Crippen LogP contribution is 2.40. The SMILES string of the molecule is COC(=O)c1cc(OC)c(O[C@@H]2O[C@H](CO[C@@H]3O[C@H](CO)[C@@H](O)[C@H](O)[C@H]3O)[C@@H](O)[C@H](O)[C@H]2O)c(OC)c1. The lowest BCUT2D eigenvalue weighted by Gasteiger charge is -2.42. The largest absolute Gasteiger partial charge is 0.493 e. The molecule has 3 rings (SSSR count). The second kappa shape index (κ2) is 12.5. The van der Waals surface area contributed by atoms with E-state index in [9.17, 15) is 40.5 Å². The second-order valence-electron chi connectivity index (χ2n) is 8.36. The van der Waals surface area contributed by atoms with Gasteiger partial charge in [0.1, 0.15) is 48.8 Å². The van der Waals surface area contributed by atoms with Gasteiger partial charge in [-0.15, -0.1) is 0 Å². The van der Waals surface area contributed by atoms with Crippen LogP contribution in [0.15, 0.2) is 12.1 Å². The molecule has 1 aromatic rings. The minimum atomic E-state index is -1.77. The minimum absolute atomic E-state index is 0.00489. The number of aliphatic hydroxyl groups is 7. The fourth-order valence-electron chi connectivity index (χ4n) is 3.89. The van der Waals surface area contributed by atoms with E-state index in [4.69, 9.17) is 33.2 Å². The van der Waals surface area contributed by atoms with Gasteiger partial charge >= 0.3 is 5.97 Å². The molecule has 2 saturated heterocycles. The van der Waals surface area contributed by atoms with Crippen molar-refractivity contribution >= 4 is 5.97 Å². The first-order valence-electron chi connectivity index (χ1n) is 11.2. The van der Waals surface area contributed by atoms with Crippen molar-refractivity contribution in [2.24, 2.45) is 0 Å². The molecule has 0 saturated carbocycles. The lowest BCUT2D eigenvalue weighted by Crippen LogP contribution is -2.62. The monoisotopic (exact) mass is 536 g/mol. The number of aliphatic hydroxyl groups excluding tert-OH is 7. The van der Waals surface area contributed by atoms with Gasteiger partial charge < -0.3 is 68.9 Å². The fourth-order valence-corrected chi connectivity index (χ4v) is 3.89. The van der Waals surface area contributed by atoms with Crippen LogP contribution in [0.2, 0.25) is 0 Å². The molecule has 2 fully saturated rings. The number of rotatable bonds is 9. The zero-order chi connectivity index (χ0) is 27.4. The molecule has 0 aromatic heterocycles. The van der Waals surface area contributed by atoms with Crippen molar-refractivity contribution in [2.45, 2.75) is 61.4 Å². The standard InChI is InChI=1S/C22H32O15/c1-31-9-4-8(20(30)33-3)5-10(32-2)19(9)37-22-18(29)16(27)14(25)12(36-22)7-34-21-17(28)15(26)13(24)11(6-23)35-21/h4-5,11-18,21-29H,6-7H2,1-3H3/t11-,12-,13-,14-,15+,16+,17-,18-,21-,22+/m1/s1. The molecular weight excluding hydrogens is 504 g/mol. The lowest BCUT2D eigenvalue weighted by atomic mass is 9.98. The third-order valence-electron chi connectivity index (χ3n) is 6.06. The topological polar surface area (TPSA) is 223 Å². The number of hydrogen-bond acceptors (Lipinski definition) is 15. The van der Waals surface area contributed by atoms with Gasteiger partial charge in [-0.2, -0.15) is 0 Å². The molecule has 15 heteroatoms. The lowest BCUT2D eigenvalue weighted by molar-refractivity contribution is -0.323. The maximum Gasteiger partial charge on any atom is 0.338 e. The summed E-state index contributed by atoms with van der Waals surface area (Å²) in [5.41, 5.74) is 0.0786. The number of carbonyl (C=O) groups excluding carboxylic acids is 1. The quantitative estimate of drug-likeness (QED) is 0.152.